The van der Waals surface area contributed by atoms with Gasteiger partial charge in [0.2, 0.25) is 0 Å². The standard InChI is InChI=1S/C16H18ClFN2/c1-20(13-6-3-2-4-7-13)11-10-19-12-14-15(17)8-5-9-16(14)18/h2-9,19H,10-12H2,1H3. The van der Waals surface area contributed by atoms with Crippen molar-refractivity contribution in [1.29, 1.82) is 0 Å². The van der Waals surface area contributed by atoms with Gasteiger partial charge in [0, 0.05) is 43.0 Å². The van der Waals surface area contributed by atoms with Crippen LogP contribution < -0.4 is 10.2 Å². The van der Waals surface area contributed by atoms with E-state index in [0.29, 0.717) is 17.1 Å². The predicted molar refractivity (Wildman–Crippen MR) is 82.8 cm³/mol. The Morgan fingerprint density at radius 2 is 1.85 bits per heavy atom. The third-order valence-corrected chi connectivity index (χ3v) is 3.54. The van der Waals surface area contributed by atoms with Crippen molar-refractivity contribution in [1.82, 2.24) is 5.32 Å². The molecule has 0 aromatic heterocycles. The summed E-state index contributed by atoms with van der Waals surface area (Å²) in [6.45, 7) is 2.04. The summed E-state index contributed by atoms with van der Waals surface area (Å²) >= 11 is 5.98. The molecule has 2 rings (SSSR count). The van der Waals surface area contributed by atoms with Crippen molar-refractivity contribution in [3.05, 3.63) is 64.9 Å². The van der Waals surface area contributed by atoms with Gasteiger partial charge in [-0.15, -0.1) is 0 Å². The Hall–Kier alpha value is -1.58. The van der Waals surface area contributed by atoms with Crippen LogP contribution in [0, 0.1) is 5.82 Å². The van der Waals surface area contributed by atoms with Crippen molar-refractivity contribution in [2.45, 2.75) is 6.54 Å². The number of halogens is 2. The number of rotatable bonds is 6. The highest BCUT2D eigenvalue weighted by molar-refractivity contribution is 6.31. The molecule has 2 aromatic carbocycles. The molecule has 0 bridgehead atoms. The van der Waals surface area contributed by atoms with Gasteiger partial charge in [0.05, 0.1) is 0 Å². The highest BCUT2D eigenvalue weighted by Crippen LogP contribution is 2.18. The third kappa shape index (κ3) is 3.95. The molecular formula is C16H18ClFN2. The van der Waals surface area contributed by atoms with Gasteiger partial charge in [-0.3, -0.25) is 0 Å². The van der Waals surface area contributed by atoms with Gasteiger partial charge >= 0.3 is 0 Å². The van der Waals surface area contributed by atoms with Crippen molar-refractivity contribution in [3.63, 3.8) is 0 Å². The van der Waals surface area contributed by atoms with Crippen LogP contribution in [0.5, 0.6) is 0 Å². The molecule has 0 saturated heterocycles. The fourth-order valence-electron chi connectivity index (χ4n) is 1.97. The lowest BCUT2D eigenvalue weighted by atomic mass is 10.2. The molecule has 0 aliphatic heterocycles. The first-order valence-corrected chi connectivity index (χ1v) is 6.96. The molecule has 0 aliphatic carbocycles. The molecule has 0 spiro atoms. The van der Waals surface area contributed by atoms with Crippen molar-refractivity contribution in [2.24, 2.45) is 0 Å². The number of para-hydroxylation sites is 1. The van der Waals surface area contributed by atoms with Crippen LogP contribution in [-0.4, -0.2) is 20.1 Å². The van der Waals surface area contributed by atoms with E-state index < -0.39 is 0 Å². The predicted octanol–water partition coefficient (Wildman–Crippen LogP) is 3.71. The van der Waals surface area contributed by atoms with Crippen LogP contribution in [0.25, 0.3) is 0 Å². The van der Waals surface area contributed by atoms with Gasteiger partial charge in [-0.1, -0.05) is 35.9 Å². The van der Waals surface area contributed by atoms with Gasteiger partial charge < -0.3 is 10.2 Å². The zero-order valence-corrected chi connectivity index (χ0v) is 12.2. The van der Waals surface area contributed by atoms with E-state index in [0.717, 1.165) is 13.1 Å². The molecule has 2 nitrogen and oxygen atoms in total. The number of hydrogen-bond acceptors (Lipinski definition) is 2. The first-order chi connectivity index (χ1) is 9.68. The van der Waals surface area contributed by atoms with Crippen molar-refractivity contribution in [3.8, 4) is 0 Å². The van der Waals surface area contributed by atoms with Crippen LogP contribution in [0.3, 0.4) is 0 Å². The summed E-state index contributed by atoms with van der Waals surface area (Å²) in [6, 6.07) is 14.9. The highest BCUT2D eigenvalue weighted by atomic mass is 35.5. The van der Waals surface area contributed by atoms with Crippen LogP contribution in [0.2, 0.25) is 5.02 Å². The largest absolute Gasteiger partial charge is 0.373 e. The lowest BCUT2D eigenvalue weighted by molar-refractivity contribution is 0.588. The summed E-state index contributed by atoms with van der Waals surface area (Å²) < 4.78 is 13.6. The quantitative estimate of drug-likeness (QED) is 0.817. The molecule has 0 heterocycles. The molecule has 106 valence electrons. The molecule has 0 aliphatic rings. The van der Waals surface area contributed by atoms with Gasteiger partial charge in [0.15, 0.2) is 0 Å². The van der Waals surface area contributed by atoms with Gasteiger partial charge in [-0.05, 0) is 24.3 Å². The maximum Gasteiger partial charge on any atom is 0.129 e. The molecule has 1 N–H and O–H groups in total. The molecule has 0 atom stereocenters. The Labute approximate surface area is 124 Å². The number of hydrogen-bond donors (Lipinski definition) is 1. The maximum absolute atomic E-state index is 13.6. The van der Waals surface area contributed by atoms with Gasteiger partial charge in [0.1, 0.15) is 5.82 Å². The van der Waals surface area contributed by atoms with E-state index in [1.165, 1.54) is 11.8 Å². The number of nitrogens with zero attached hydrogens (tertiary/aromatic N) is 1. The minimum absolute atomic E-state index is 0.263. The number of nitrogens with one attached hydrogen (secondary N) is 1. The lowest BCUT2D eigenvalue weighted by Gasteiger charge is -2.19. The average molecular weight is 293 g/mol. The van der Waals surface area contributed by atoms with E-state index in [2.05, 4.69) is 22.3 Å². The molecule has 0 radical (unpaired) electrons. The minimum atomic E-state index is -0.263. The van der Waals surface area contributed by atoms with E-state index in [1.54, 1.807) is 12.1 Å². The van der Waals surface area contributed by atoms with E-state index in [1.807, 2.05) is 25.2 Å². The van der Waals surface area contributed by atoms with Crippen LogP contribution in [0.15, 0.2) is 48.5 Å². The number of likely N-dealkylation sites (N-methyl/N-ethyl adjacent to an activating group) is 1. The summed E-state index contributed by atoms with van der Waals surface area (Å²) in [4.78, 5) is 2.15. The second-order valence-corrected chi connectivity index (χ2v) is 5.04. The molecule has 0 amide bonds. The second kappa shape index (κ2) is 7.27. The first kappa shape index (κ1) is 14.8. The Balaban J connectivity index is 1.80. The third-order valence-electron chi connectivity index (χ3n) is 3.18. The monoisotopic (exact) mass is 292 g/mol. The van der Waals surface area contributed by atoms with Crippen molar-refractivity contribution in [2.75, 3.05) is 25.0 Å². The van der Waals surface area contributed by atoms with Gasteiger partial charge in [-0.25, -0.2) is 4.39 Å². The Morgan fingerprint density at radius 3 is 2.55 bits per heavy atom. The van der Waals surface area contributed by atoms with Crippen LogP contribution in [0.1, 0.15) is 5.56 Å². The topological polar surface area (TPSA) is 15.3 Å². The molecule has 4 heteroatoms. The zero-order chi connectivity index (χ0) is 14.4. The fourth-order valence-corrected chi connectivity index (χ4v) is 2.20. The lowest BCUT2D eigenvalue weighted by Crippen LogP contribution is -2.29. The van der Waals surface area contributed by atoms with Crippen molar-refractivity contribution < 1.29 is 4.39 Å². The summed E-state index contributed by atoms with van der Waals surface area (Å²) in [7, 11) is 2.03. The van der Waals surface area contributed by atoms with E-state index in [-0.39, 0.29) is 5.82 Å². The first-order valence-electron chi connectivity index (χ1n) is 6.58. The second-order valence-electron chi connectivity index (χ2n) is 4.63. The Bertz CT molecular complexity index is 525. The molecule has 0 unspecified atom stereocenters. The molecular weight excluding hydrogens is 275 g/mol. The number of benzene rings is 2. The highest BCUT2D eigenvalue weighted by Gasteiger charge is 2.06. The van der Waals surface area contributed by atoms with Crippen molar-refractivity contribution >= 4 is 17.3 Å². The summed E-state index contributed by atoms with van der Waals surface area (Å²) in [5.74, 6) is -0.263. The Morgan fingerprint density at radius 1 is 1.10 bits per heavy atom. The smallest absolute Gasteiger partial charge is 0.129 e. The molecule has 0 fully saturated rings. The SMILES string of the molecule is CN(CCNCc1c(F)cccc1Cl)c1ccccc1. The maximum atomic E-state index is 13.6. The van der Waals surface area contributed by atoms with E-state index in [4.69, 9.17) is 11.6 Å². The van der Waals surface area contributed by atoms with E-state index in [9.17, 15) is 4.39 Å². The molecule has 2 aromatic rings. The fraction of sp³-hybridized carbons (Fsp3) is 0.250. The summed E-state index contributed by atoms with van der Waals surface area (Å²) in [5, 5.41) is 3.68. The summed E-state index contributed by atoms with van der Waals surface area (Å²) in [6.07, 6.45) is 0. The van der Waals surface area contributed by atoms with Crippen LogP contribution in [-0.2, 0) is 6.54 Å². The van der Waals surface area contributed by atoms with Crippen LogP contribution >= 0.6 is 11.6 Å². The minimum Gasteiger partial charge on any atom is -0.373 e. The normalized spacial score (nSPS) is 10.6. The van der Waals surface area contributed by atoms with Gasteiger partial charge in [-0.2, -0.15) is 0 Å². The number of anilines is 1. The zero-order valence-electron chi connectivity index (χ0n) is 11.4. The Kier molecular flexibility index (Phi) is 5.39. The van der Waals surface area contributed by atoms with E-state index >= 15 is 0 Å². The van der Waals surface area contributed by atoms with Crippen LogP contribution in [0.4, 0.5) is 10.1 Å². The average Bonchev–Trinajstić information content (AvgIpc) is 2.46. The molecule has 20 heavy (non-hydrogen) atoms. The summed E-state index contributed by atoms with van der Waals surface area (Å²) in [5.41, 5.74) is 1.69. The van der Waals surface area contributed by atoms with Gasteiger partial charge in [0.25, 0.3) is 0 Å². The molecule has 0 saturated carbocycles.